The lowest BCUT2D eigenvalue weighted by molar-refractivity contribution is -0.191. The Morgan fingerprint density at radius 3 is 3.06 bits per heavy atom. The molecule has 1 spiro atoms. The zero-order chi connectivity index (χ0) is 11.3. The Kier molecular flexibility index (Phi) is 3.34. The molecule has 0 amide bonds. The molecule has 0 unspecified atom stereocenters. The van der Waals surface area contributed by atoms with Crippen LogP contribution in [-0.2, 0) is 9.47 Å². The molecular weight excluding hydrogens is 200 g/mol. The van der Waals surface area contributed by atoms with Crippen molar-refractivity contribution in [2.45, 2.75) is 32.0 Å². The lowest BCUT2D eigenvalue weighted by atomic mass is 10.1. The fraction of sp³-hybridized carbons (Fsp3) is 0.429. The molecule has 2 heterocycles. The van der Waals surface area contributed by atoms with Crippen molar-refractivity contribution in [3.63, 3.8) is 0 Å². The van der Waals surface area contributed by atoms with Gasteiger partial charge in [-0.25, -0.2) is 0 Å². The summed E-state index contributed by atoms with van der Waals surface area (Å²) in [5.74, 6) is 11.2. The first-order chi connectivity index (χ1) is 7.85. The Morgan fingerprint density at radius 2 is 2.31 bits per heavy atom. The van der Waals surface area contributed by atoms with E-state index < -0.39 is 5.79 Å². The van der Waals surface area contributed by atoms with Crippen molar-refractivity contribution in [1.29, 1.82) is 0 Å². The van der Waals surface area contributed by atoms with Gasteiger partial charge in [0.05, 0.1) is 6.61 Å². The highest BCUT2D eigenvalue weighted by atomic mass is 16.7. The first-order valence-electron chi connectivity index (χ1n) is 5.49. The molecule has 2 rings (SSSR count). The predicted octanol–water partition coefficient (Wildman–Crippen LogP) is 2.38. The number of hydrogen-bond donors (Lipinski definition) is 0. The van der Waals surface area contributed by atoms with Gasteiger partial charge < -0.3 is 9.47 Å². The molecule has 0 aromatic rings. The summed E-state index contributed by atoms with van der Waals surface area (Å²) in [5, 5.41) is 0. The highest BCUT2D eigenvalue weighted by Crippen LogP contribution is 2.34. The Morgan fingerprint density at radius 1 is 1.38 bits per heavy atom. The minimum Gasteiger partial charge on any atom is -0.458 e. The van der Waals surface area contributed by atoms with E-state index in [-0.39, 0.29) is 0 Å². The quantitative estimate of drug-likeness (QED) is 0.576. The normalized spacial score (nSPS) is 29.2. The van der Waals surface area contributed by atoms with Crippen LogP contribution in [0, 0.1) is 23.7 Å². The molecule has 82 valence electrons. The van der Waals surface area contributed by atoms with Gasteiger partial charge in [0.25, 0.3) is 0 Å². The van der Waals surface area contributed by atoms with Crippen LogP contribution in [0.3, 0.4) is 0 Å². The van der Waals surface area contributed by atoms with E-state index in [4.69, 9.17) is 9.47 Å². The van der Waals surface area contributed by atoms with E-state index in [1.165, 1.54) is 0 Å². The largest absolute Gasteiger partial charge is 0.458 e. The zero-order valence-electron chi connectivity index (χ0n) is 9.38. The second kappa shape index (κ2) is 4.92. The van der Waals surface area contributed by atoms with Crippen LogP contribution in [0.15, 0.2) is 24.0 Å². The number of hydrogen-bond acceptors (Lipinski definition) is 2. The molecule has 2 aliphatic heterocycles. The van der Waals surface area contributed by atoms with E-state index in [0.29, 0.717) is 0 Å². The molecule has 0 aromatic heterocycles. The molecule has 1 saturated heterocycles. The second-order valence-corrected chi connectivity index (χ2v) is 3.74. The van der Waals surface area contributed by atoms with Gasteiger partial charge in [-0.2, -0.15) is 0 Å². The first kappa shape index (κ1) is 10.9. The first-order valence-corrected chi connectivity index (χ1v) is 5.49. The summed E-state index contributed by atoms with van der Waals surface area (Å²) in [6, 6.07) is 0. The molecule has 16 heavy (non-hydrogen) atoms. The third-order valence-corrected chi connectivity index (χ3v) is 2.53. The molecule has 0 radical (unpaired) electrons. The van der Waals surface area contributed by atoms with Crippen molar-refractivity contribution in [2.24, 2.45) is 0 Å². The predicted molar refractivity (Wildman–Crippen MR) is 62.1 cm³/mol. The molecule has 0 saturated carbocycles. The Labute approximate surface area is 96.3 Å². The minimum atomic E-state index is -0.512. The molecule has 0 aromatic carbocycles. The number of allylic oxidation sites excluding steroid dienone is 2. The van der Waals surface area contributed by atoms with E-state index in [9.17, 15) is 0 Å². The van der Waals surface area contributed by atoms with Crippen LogP contribution in [-0.4, -0.2) is 12.4 Å². The zero-order valence-corrected chi connectivity index (χ0v) is 9.38. The van der Waals surface area contributed by atoms with Crippen LogP contribution in [0.25, 0.3) is 0 Å². The molecule has 1 atom stereocenters. The number of rotatable bonds is 0. The Bertz CT molecular complexity index is 429. The summed E-state index contributed by atoms with van der Waals surface area (Å²) in [4.78, 5) is 0. The summed E-state index contributed by atoms with van der Waals surface area (Å²) in [6.07, 6.45) is 8.80. The van der Waals surface area contributed by atoms with Gasteiger partial charge in [-0.1, -0.05) is 11.8 Å². The van der Waals surface area contributed by atoms with Gasteiger partial charge in [-0.3, -0.25) is 0 Å². The molecule has 0 bridgehead atoms. The van der Waals surface area contributed by atoms with E-state index in [2.05, 4.69) is 23.7 Å². The van der Waals surface area contributed by atoms with E-state index in [1.54, 1.807) is 13.0 Å². The third kappa shape index (κ3) is 2.48. The van der Waals surface area contributed by atoms with E-state index >= 15 is 0 Å². The third-order valence-electron chi connectivity index (χ3n) is 2.53. The monoisotopic (exact) mass is 214 g/mol. The molecule has 2 aliphatic rings. The van der Waals surface area contributed by atoms with Crippen LogP contribution in [0.5, 0.6) is 0 Å². The van der Waals surface area contributed by atoms with Crippen LogP contribution in [0.4, 0.5) is 0 Å². The maximum absolute atomic E-state index is 5.75. The molecule has 0 aliphatic carbocycles. The number of ether oxygens (including phenoxy) is 2. The van der Waals surface area contributed by atoms with Crippen LogP contribution in [0.1, 0.15) is 26.2 Å². The summed E-state index contributed by atoms with van der Waals surface area (Å²) >= 11 is 0. The topological polar surface area (TPSA) is 18.5 Å². The van der Waals surface area contributed by atoms with Gasteiger partial charge in [0.2, 0.25) is 5.79 Å². The summed E-state index contributed by atoms with van der Waals surface area (Å²) in [5.41, 5.74) is 0. The standard InChI is InChI=1S/C14H14O2/c1-2-3-4-5-8-13-9-11-14(16-13)10-6-7-12-15-14/h8-9,11H,6-7,10,12H2,1H3/b13-8+/t14-/m1/s1. The van der Waals surface area contributed by atoms with E-state index in [1.807, 2.05) is 12.2 Å². The average molecular weight is 214 g/mol. The van der Waals surface area contributed by atoms with Gasteiger partial charge in [-0.15, -0.1) is 0 Å². The molecular formula is C14H14O2. The smallest absolute Gasteiger partial charge is 0.230 e. The lowest BCUT2D eigenvalue weighted by Crippen LogP contribution is -2.34. The van der Waals surface area contributed by atoms with Crippen LogP contribution >= 0.6 is 0 Å². The van der Waals surface area contributed by atoms with Crippen molar-refractivity contribution in [1.82, 2.24) is 0 Å². The van der Waals surface area contributed by atoms with Crippen molar-refractivity contribution in [2.75, 3.05) is 6.61 Å². The van der Waals surface area contributed by atoms with Gasteiger partial charge in [0, 0.05) is 12.5 Å². The minimum absolute atomic E-state index is 0.512. The molecule has 0 N–H and O–H groups in total. The molecule has 2 nitrogen and oxygen atoms in total. The highest BCUT2D eigenvalue weighted by Gasteiger charge is 2.36. The van der Waals surface area contributed by atoms with E-state index in [0.717, 1.165) is 31.6 Å². The van der Waals surface area contributed by atoms with Gasteiger partial charge in [0.1, 0.15) is 5.76 Å². The maximum Gasteiger partial charge on any atom is 0.230 e. The second-order valence-electron chi connectivity index (χ2n) is 3.74. The SMILES string of the molecule is CC#CC#C/C=C1\C=C[C@@]2(CCCCO2)O1. The molecule has 2 heteroatoms. The highest BCUT2D eigenvalue weighted by molar-refractivity contribution is 5.35. The van der Waals surface area contributed by atoms with Crippen LogP contribution in [0.2, 0.25) is 0 Å². The summed E-state index contributed by atoms with van der Waals surface area (Å²) in [6.45, 7) is 2.53. The van der Waals surface area contributed by atoms with Gasteiger partial charge in [0.15, 0.2) is 0 Å². The van der Waals surface area contributed by atoms with Crippen molar-refractivity contribution in [3.05, 3.63) is 24.0 Å². The Balaban J connectivity index is 2.00. The summed E-state index contributed by atoms with van der Waals surface area (Å²) in [7, 11) is 0. The van der Waals surface area contributed by atoms with Gasteiger partial charge >= 0.3 is 0 Å². The lowest BCUT2D eigenvalue weighted by Gasteiger charge is -2.31. The Hall–Kier alpha value is -1.64. The maximum atomic E-state index is 5.75. The van der Waals surface area contributed by atoms with Gasteiger partial charge in [-0.05, 0) is 43.8 Å². The average Bonchev–Trinajstić information content (AvgIpc) is 2.69. The van der Waals surface area contributed by atoms with Crippen molar-refractivity contribution in [3.8, 4) is 23.7 Å². The fourth-order valence-electron chi connectivity index (χ4n) is 1.76. The van der Waals surface area contributed by atoms with Crippen LogP contribution < -0.4 is 0 Å². The van der Waals surface area contributed by atoms with Crippen molar-refractivity contribution < 1.29 is 9.47 Å². The summed E-state index contributed by atoms with van der Waals surface area (Å²) < 4.78 is 11.4. The molecule has 1 fully saturated rings. The fourth-order valence-corrected chi connectivity index (χ4v) is 1.76. The van der Waals surface area contributed by atoms with Crippen molar-refractivity contribution >= 4 is 0 Å².